The first-order valence-corrected chi connectivity index (χ1v) is 10.7. The Bertz CT molecular complexity index is 1260. The zero-order valence-corrected chi connectivity index (χ0v) is 20.3. The summed E-state index contributed by atoms with van der Waals surface area (Å²) in [7, 11) is 6.05. The summed E-state index contributed by atoms with van der Waals surface area (Å²) in [6.45, 7) is 0. The van der Waals surface area contributed by atoms with E-state index in [1.54, 1.807) is 43.5 Å². The van der Waals surface area contributed by atoms with E-state index in [0.717, 1.165) is 0 Å². The maximum atomic E-state index is 12.8. The highest BCUT2D eigenvalue weighted by molar-refractivity contribution is 6.31. The number of carbonyl (C=O) groups excluding carboxylic acids is 2. The first-order valence-electron chi connectivity index (χ1n) is 10.3. The van der Waals surface area contributed by atoms with Crippen molar-refractivity contribution in [2.75, 3.05) is 33.8 Å². The Morgan fingerprint density at radius 2 is 1.40 bits per heavy atom. The lowest BCUT2D eigenvalue weighted by atomic mass is 10.1. The molecule has 0 saturated heterocycles. The Balaban J connectivity index is 1.77. The van der Waals surface area contributed by atoms with Gasteiger partial charge in [0.25, 0.3) is 11.8 Å². The normalized spacial score (nSPS) is 10.5. The average molecular weight is 498 g/mol. The quantitative estimate of drug-likeness (QED) is 0.335. The van der Waals surface area contributed by atoms with Crippen LogP contribution in [0.5, 0.6) is 23.0 Å². The third kappa shape index (κ3) is 6.21. The van der Waals surface area contributed by atoms with Crippen LogP contribution in [0.2, 0.25) is 5.02 Å². The van der Waals surface area contributed by atoms with Gasteiger partial charge in [0.15, 0.2) is 23.0 Å². The van der Waals surface area contributed by atoms with Crippen LogP contribution in [-0.4, -0.2) is 46.5 Å². The van der Waals surface area contributed by atoms with Crippen molar-refractivity contribution in [2.45, 2.75) is 0 Å². The summed E-state index contributed by atoms with van der Waals surface area (Å²) in [5.41, 5.74) is 3.82. The molecule has 0 aliphatic rings. The number of ether oxygens (including phenoxy) is 4. The molecule has 0 radical (unpaired) electrons. The van der Waals surface area contributed by atoms with Gasteiger partial charge in [0.1, 0.15) is 0 Å². The number of hydrogen-bond acceptors (Lipinski definition) is 7. The summed E-state index contributed by atoms with van der Waals surface area (Å²) >= 11 is 6.09. The smallest absolute Gasteiger partial charge is 0.273 e. The van der Waals surface area contributed by atoms with E-state index >= 15 is 0 Å². The fraction of sp³-hybridized carbons (Fsp3) is 0.160. The molecule has 0 aliphatic carbocycles. The zero-order chi connectivity index (χ0) is 25.4. The topological polar surface area (TPSA) is 107 Å². The van der Waals surface area contributed by atoms with Crippen molar-refractivity contribution in [1.82, 2.24) is 5.43 Å². The van der Waals surface area contributed by atoms with E-state index in [0.29, 0.717) is 39.1 Å². The Hall–Kier alpha value is -4.24. The van der Waals surface area contributed by atoms with Gasteiger partial charge in [0.2, 0.25) is 0 Å². The van der Waals surface area contributed by atoms with Crippen molar-refractivity contribution in [3.63, 3.8) is 0 Å². The molecule has 0 aromatic heterocycles. The van der Waals surface area contributed by atoms with Crippen LogP contribution in [0, 0.1) is 0 Å². The molecular weight excluding hydrogens is 474 g/mol. The number of nitrogens with one attached hydrogen (secondary N) is 2. The molecule has 2 amide bonds. The lowest BCUT2D eigenvalue weighted by molar-refractivity contribution is 0.0956. The minimum atomic E-state index is -0.563. The van der Waals surface area contributed by atoms with Crippen LogP contribution in [-0.2, 0) is 0 Å². The van der Waals surface area contributed by atoms with E-state index in [2.05, 4.69) is 15.8 Å². The van der Waals surface area contributed by atoms with Crippen LogP contribution in [0.15, 0.2) is 59.7 Å². The van der Waals surface area contributed by atoms with E-state index in [1.807, 2.05) is 0 Å². The third-order valence-corrected chi connectivity index (χ3v) is 5.14. The number of rotatable bonds is 9. The molecule has 0 aliphatic heterocycles. The van der Waals surface area contributed by atoms with Gasteiger partial charge in [-0.05, 0) is 60.2 Å². The summed E-state index contributed by atoms with van der Waals surface area (Å²) in [4.78, 5) is 25.6. The van der Waals surface area contributed by atoms with Crippen molar-refractivity contribution < 1.29 is 28.5 Å². The Kier molecular flexibility index (Phi) is 8.53. The standard InChI is InChI=1S/C25H24ClN3O6/c1-32-20-9-5-15(11-22(20)34-3)14-27-29-25(31)18-13-17(26)7-8-19(18)28-24(30)16-6-10-21(33-2)23(12-16)35-4/h5-14H,1-4H3,(H,28,30)(H,29,31). The van der Waals surface area contributed by atoms with E-state index in [-0.39, 0.29) is 11.3 Å². The third-order valence-electron chi connectivity index (χ3n) is 4.91. The molecule has 182 valence electrons. The number of benzene rings is 3. The zero-order valence-electron chi connectivity index (χ0n) is 19.5. The molecule has 0 heterocycles. The molecule has 10 heteroatoms. The predicted molar refractivity (Wildman–Crippen MR) is 134 cm³/mol. The van der Waals surface area contributed by atoms with Gasteiger partial charge < -0.3 is 24.3 Å². The van der Waals surface area contributed by atoms with Gasteiger partial charge in [-0.2, -0.15) is 5.10 Å². The fourth-order valence-corrected chi connectivity index (χ4v) is 3.32. The van der Waals surface area contributed by atoms with Crippen LogP contribution in [0.4, 0.5) is 5.69 Å². The molecule has 0 fully saturated rings. The van der Waals surface area contributed by atoms with Crippen LogP contribution in [0.3, 0.4) is 0 Å². The lowest BCUT2D eigenvalue weighted by Crippen LogP contribution is -2.21. The van der Waals surface area contributed by atoms with Crippen molar-refractivity contribution in [3.8, 4) is 23.0 Å². The molecule has 0 atom stereocenters. The number of methoxy groups -OCH3 is 4. The molecule has 2 N–H and O–H groups in total. The Morgan fingerprint density at radius 3 is 2.06 bits per heavy atom. The highest BCUT2D eigenvalue weighted by Gasteiger charge is 2.16. The maximum absolute atomic E-state index is 12.8. The molecule has 0 spiro atoms. The molecule has 0 bridgehead atoms. The summed E-state index contributed by atoms with van der Waals surface area (Å²) in [6.07, 6.45) is 1.45. The Morgan fingerprint density at radius 1 is 0.771 bits per heavy atom. The van der Waals surface area contributed by atoms with Gasteiger partial charge >= 0.3 is 0 Å². The van der Waals surface area contributed by atoms with Gasteiger partial charge in [-0.15, -0.1) is 0 Å². The highest BCUT2D eigenvalue weighted by Crippen LogP contribution is 2.29. The number of halogens is 1. The van der Waals surface area contributed by atoms with Crippen LogP contribution < -0.4 is 29.7 Å². The number of hydrogen-bond donors (Lipinski definition) is 2. The molecule has 35 heavy (non-hydrogen) atoms. The summed E-state index contributed by atoms with van der Waals surface area (Å²) < 4.78 is 20.9. The SMILES string of the molecule is COc1ccc(C=NNC(=O)c2cc(Cl)ccc2NC(=O)c2ccc(OC)c(OC)c2)cc1OC. The van der Waals surface area contributed by atoms with E-state index in [1.165, 1.54) is 45.7 Å². The van der Waals surface area contributed by atoms with Crippen LogP contribution in [0.25, 0.3) is 0 Å². The summed E-state index contributed by atoms with van der Waals surface area (Å²) in [5, 5.41) is 7.04. The minimum absolute atomic E-state index is 0.135. The van der Waals surface area contributed by atoms with Gasteiger partial charge in [-0.25, -0.2) is 5.43 Å². The predicted octanol–water partition coefficient (Wildman–Crippen LogP) is 4.39. The number of nitrogens with zero attached hydrogens (tertiary/aromatic N) is 1. The second-order valence-corrected chi connectivity index (χ2v) is 7.46. The van der Waals surface area contributed by atoms with Crippen molar-refractivity contribution >= 4 is 35.3 Å². The fourth-order valence-electron chi connectivity index (χ4n) is 3.14. The van der Waals surface area contributed by atoms with E-state index < -0.39 is 11.8 Å². The second-order valence-electron chi connectivity index (χ2n) is 7.03. The molecule has 3 rings (SSSR count). The number of amides is 2. The van der Waals surface area contributed by atoms with Crippen molar-refractivity contribution in [1.29, 1.82) is 0 Å². The van der Waals surface area contributed by atoms with Crippen molar-refractivity contribution in [2.24, 2.45) is 5.10 Å². The molecular formula is C25H24ClN3O6. The number of hydrazone groups is 1. The van der Waals surface area contributed by atoms with Crippen LogP contribution in [0.1, 0.15) is 26.3 Å². The van der Waals surface area contributed by atoms with Gasteiger partial charge in [-0.3, -0.25) is 9.59 Å². The second kappa shape index (κ2) is 11.8. The largest absolute Gasteiger partial charge is 0.493 e. The number of anilines is 1. The summed E-state index contributed by atoms with van der Waals surface area (Å²) in [5.74, 6) is 0.977. The monoisotopic (exact) mass is 497 g/mol. The van der Waals surface area contributed by atoms with Gasteiger partial charge in [0.05, 0.1) is 45.9 Å². The van der Waals surface area contributed by atoms with Crippen LogP contribution >= 0.6 is 11.6 Å². The van der Waals surface area contributed by atoms with E-state index in [4.69, 9.17) is 30.5 Å². The first kappa shape index (κ1) is 25.4. The molecule has 3 aromatic carbocycles. The molecule has 9 nitrogen and oxygen atoms in total. The summed E-state index contributed by atoms with van der Waals surface area (Å²) in [6, 6.07) is 14.5. The van der Waals surface area contributed by atoms with Gasteiger partial charge in [-0.1, -0.05) is 11.6 Å². The highest BCUT2D eigenvalue weighted by atomic mass is 35.5. The number of carbonyl (C=O) groups is 2. The Labute approximate surface area is 207 Å². The average Bonchev–Trinajstić information content (AvgIpc) is 2.88. The van der Waals surface area contributed by atoms with Gasteiger partial charge in [0, 0.05) is 10.6 Å². The maximum Gasteiger partial charge on any atom is 0.273 e. The lowest BCUT2D eigenvalue weighted by Gasteiger charge is -2.12. The molecule has 3 aromatic rings. The minimum Gasteiger partial charge on any atom is -0.493 e. The molecule has 0 saturated carbocycles. The molecule has 0 unspecified atom stereocenters. The van der Waals surface area contributed by atoms with E-state index in [9.17, 15) is 9.59 Å². The first-order chi connectivity index (χ1) is 16.9. The van der Waals surface area contributed by atoms with Crippen molar-refractivity contribution in [3.05, 3.63) is 76.3 Å².